The Hall–Kier alpha value is -2.77. The predicted molar refractivity (Wildman–Crippen MR) is 113 cm³/mol. The summed E-state index contributed by atoms with van der Waals surface area (Å²) in [6, 6.07) is 14.6. The molecule has 0 spiro atoms. The number of ether oxygens (including phenoxy) is 1. The second-order valence-electron chi connectivity index (χ2n) is 5.78. The summed E-state index contributed by atoms with van der Waals surface area (Å²) < 4.78 is 7.03. The monoisotopic (exact) mass is 414 g/mol. The predicted octanol–water partition coefficient (Wildman–Crippen LogP) is 4.52. The molecule has 0 fully saturated rings. The standard InChI is InChI=1S/C20H19ClN4O2S/c1-3-12-25-19(14-4-6-15(21)7-5-14)23-24-20(25)28-13-18(26)22-16-8-10-17(27-2)11-9-16/h3-11H,1,12-13H2,2H3,(H,22,26). The van der Waals surface area contributed by atoms with Crippen molar-refractivity contribution in [1.29, 1.82) is 0 Å². The zero-order valence-corrected chi connectivity index (χ0v) is 16.8. The molecule has 1 heterocycles. The number of nitrogens with one attached hydrogen (secondary N) is 1. The SMILES string of the molecule is C=CCn1c(SCC(=O)Nc2ccc(OC)cc2)nnc1-c1ccc(Cl)cc1. The van der Waals surface area contributed by atoms with Crippen molar-refractivity contribution in [3.63, 3.8) is 0 Å². The van der Waals surface area contributed by atoms with Crippen molar-refractivity contribution in [2.45, 2.75) is 11.7 Å². The fraction of sp³-hybridized carbons (Fsp3) is 0.150. The van der Waals surface area contributed by atoms with Gasteiger partial charge in [0, 0.05) is 22.8 Å². The lowest BCUT2D eigenvalue weighted by Crippen LogP contribution is -2.14. The third-order valence-corrected chi connectivity index (χ3v) is 5.06. The molecular weight excluding hydrogens is 396 g/mol. The van der Waals surface area contributed by atoms with Crippen molar-refractivity contribution in [3.8, 4) is 17.1 Å². The van der Waals surface area contributed by atoms with Gasteiger partial charge >= 0.3 is 0 Å². The van der Waals surface area contributed by atoms with E-state index in [-0.39, 0.29) is 11.7 Å². The van der Waals surface area contributed by atoms with Gasteiger partial charge in [-0.2, -0.15) is 0 Å². The fourth-order valence-electron chi connectivity index (χ4n) is 2.50. The molecule has 0 unspecified atom stereocenters. The molecule has 28 heavy (non-hydrogen) atoms. The molecule has 1 aromatic heterocycles. The molecule has 3 aromatic rings. The smallest absolute Gasteiger partial charge is 0.234 e. The molecule has 3 rings (SSSR count). The number of allylic oxidation sites excluding steroid dienone is 1. The van der Waals surface area contributed by atoms with Crippen molar-refractivity contribution >= 4 is 35.0 Å². The summed E-state index contributed by atoms with van der Waals surface area (Å²) in [5, 5.41) is 12.7. The molecule has 1 amide bonds. The third-order valence-electron chi connectivity index (χ3n) is 3.84. The van der Waals surface area contributed by atoms with E-state index in [2.05, 4.69) is 22.1 Å². The number of benzene rings is 2. The molecule has 6 nitrogen and oxygen atoms in total. The van der Waals surface area contributed by atoms with E-state index >= 15 is 0 Å². The van der Waals surface area contributed by atoms with Gasteiger partial charge < -0.3 is 10.1 Å². The first kappa shape index (κ1) is 20.0. The van der Waals surface area contributed by atoms with Crippen molar-refractivity contribution < 1.29 is 9.53 Å². The molecule has 0 atom stereocenters. The van der Waals surface area contributed by atoms with Crippen LogP contribution in [0.2, 0.25) is 5.02 Å². The van der Waals surface area contributed by atoms with Gasteiger partial charge in [-0.3, -0.25) is 9.36 Å². The number of thioether (sulfide) groups is 1. The molecule has 144 valence electrons. The molecule has 1 N–H and O–H groups in total. The zero-order valence-electron chi connectivity index (χ0n) is 15.3. The number of methoxy groups -OCH3 is 1. The highest BCUT2D eigenvalue weighted by atomic mass is 35.5. The summed E-state index contributed by atoms with van der Waals surface area (Å²) in [7, 11) is 1.60. The van der Waals surface area contributed by atoms with Gasteiger partial charge in [0.25, 0.3) is 0 Å². The van der Waals surface area contributed by atoms with Crippen LogP contribution in [0.4, 0.5) is 5.69 Å². The van der Waals surface area contributed by atoms with Crippen LogP contribution in [0.5, 0.6) is 5.75 Å². The average Bonchev–Trinajstić information content (AvgIpc) is 3.10. The van der Waals surface area contributed by atoms with Crippen LogP contribution in [0.25, 0.3) is 11.4 Å². The van der Waals surface area contributed by atoms with E-state index in [1.807, 2.05) is 16.7 Å². The molecule has 0 radical (unpaired) electrons. The van der Waals surface area contributed by atoms with E-state index in [4.69, 9.17) is 16.3 Å². The molecule has 8 heteroatoms. The van der Waals surface area contributed by atoms with Crippen LogP contribution in [-0.4, -0.2) is 33.5 Å². The molecule has 0 aliphatic rings. The summed E-state index contributed by atoms with van der Waals surface area (Å²) in [4.78, 5) is 12.3. The Morgan fingerprint density at radius 3 is 2.57 bits per heavy atom. The lowest BCUT2D eigenvalue weighted by molar-refractivity contribution is -0.113. The van der Waals surface area contributed by atoms with E-state index in [1.54, 1.807) is 49.6 Å². The van der Waals surface area contributed by atoms with Gasteiger partial charge in [0.1, 0.15) is 5.75 Å². The normalized spacial score (nSPS) is 10.5. The summed E-state index contributed by atoms with van der Waals surface area (Å²) in [6.45, 7) is 4.33. The number of aromatic nitrogens is 3. The first-order valence-electron chi connectivity index (χ1n) is 8.47. The number of hydrogen-bond donors (Lipinski definition) is 1. The van der Waals surface area contributed by atoms with E-state index in [0.29, 0.717) is 28.2 Å². The van der Waals surface area contributed by atoms with Gasteiger partial charge in [0.2, 0.25) is 5.91 Å². The number of nitrogens with zero attached hydrogens (tertiary/aromatic N) is 3. The van der Waals surface area contributed by atoms with Crippen LogP contribution in [0.15, 0.2) is 66.3 Å². The molecule has 2 aromatic carbocycles. The summed E-state index contributed by atoms with van der Waals surface area (Å²) >= 11 is 7.28. The topological polar surface area (TPSA) is 69.0 Å². The van der Waals surface area contributed by atoms with Gasteiger partial charge in [0.05, 0.1) is 12.9 Å². The Balaban J connectivity index is 1.68. The number of rotatable bonds is 8. The fourth-order valence-corrected chi connectivity index (χ4v) is 3.38. The minimum absolute atomic E-state index is 0.128. The molecule has 0 bridgehead atoms. The van der Waals surface area contributed by atoms with Gasteiger partial charge in [-0.25, -0.2) is 0 Å². The van der Waals surface area contributed by atoms with Gasteiger partial charge in [-0.1, -0.05) is 29.4 Å². The molecular formula is C20H19ClN4O2S. The maximum absolute atomic E-state index is 12.3. The summed E-state index contributed by atoms with van der Waals surface area (Å²) in [5.74, 6) is 1.52. The minimum Gasteiger partial charge on any atom is -0.497 e. The highest BCUT2D eigenvalue weighted by molar-refractivity contribution is 7.99. The van der Waals surface area contributed by atoms with Crippen LogP contribution in [-0.2, 0) is 11.3 Å². The largest absolute Gasteiger partial charge is 0.497 e. The van der Waals surface area contributed by atoms with Crippen LogP contribution in [0.1, 0.15) is 0 Å². The van der Waals surface area contributed by atoms with Gasteiger partial charge in [-0.05, 0) is 48.5 Å². The Morgan fingerprint density at radius 2 is 1.93 bits per heavy atom. The number of amides is 1. The van der Waals surface area contributed by atoms with Crippen LogP contribution < -0.4 is 10.1 Å². The molecule has 0 aliphatic heterocycles. The maximum atomic E-state index is 12.3. The Bertz CT molecular complexity index is 955. The summed E-state index contributed by atoms with van der Waals surface area (Å²) in [6.07, 6.45) is 1.77. The van der Waals surface area contributed by atoms with Crippen molar-refractivity contribution in [2.24, 2.45) is 0 Å². The Kier molecular flexibility index (Phi) is 6.73. The third kappa shape index (κ3) is 4.94. The van der Waals surface area contributed by atoms with Crippen molar-refractivity contribution in [3.05, 3.63) is 66.2 Å². The van der Waals surface area contributed by atoms with Crippen LogP contribution in [0.3, 0.4) is 0 Å². The minimum atomic E-state index is -0.128. The van der Waals surface area contributed by atoms with Crippen molar-refractivity contribution in [2.75, 3.05) is 18.2 Å². The number of carbonyl (C=O) groups excluding carboxylic acids is 1. The quantitative estimate of drug-likeness (QED) is 0.433. The van der Waals surface area contributed by atoms with Gasteiger partial charge in [-0.15, -0.1) is 16.8 Å². The highest BCUT2D eigenvalue weighted by Crippen LogP contribution is 2.25. The first-order chi connectivity index (χ1) is 13.6. The Morgan fingerprint density at radius 1 is 1.21 bits per heavy atom. The first-order valence-corrected chi connectivity index (χ1v) is 9.84. The number of halogens is 1. The Labute approximate surface area is 172 Å². The van der Waals surface area contributed by atoms with Crippen molar-refractivity contribution in [1.82, 2.24) is 14.8 Å². The summed E-state index contributed by atoms with van der Waals surface area (Å²) in [5.41, 5.74) is 1.61. The van der Waals surface area contributed by atoms with E-state index < -0.39 is 0 Å². The lowest BCUT2D eigenvalue weighted by Gasteiger charge is -2.08. The molecule has 0 saturated heterocycles. The van der Waals surface area contributed by atoms with Crippen LogP contribution in [0, 0.1) is 0 Å². The van der Waals surface area contributed by atoms with E-state index in [1.165, 1.54) is 11.8 Å². The maximum Gasteiger partial charge on any atom is 0.234 e. The number of hydrogen-bond acceptors (Lipinski definition) is 5. The highest BCUT2D eigenvalue weighted by Gasteiger charge is 2.15. The number of carbonyl (C=O) groups is 1. The second-order valence-corrected chi connectivity index (χ2v) is 7.16. The molecule has 0 saturated carbocycles. The van der Waals surface area contributed by atoms with E-state index in [0.717, 1.165) is 11.3 Å². The van der Waals surface area contributed by atoms with Crippen LogP contribution >= 0.6 is 23.4 Å². The average molecular weight is 415 g/mol. The molecule has 0 aliphatic carbocycles. The second kappa shape index (κ2) is 9.43. The zero-order chi connectivity index (χ0) is 19.9. The van der Waals surface area contributed by atoms with Gasteiger partial charge in [0.15, 0.2) is 11.0 Å². The number of anilines is 1. The van der Waals surface area contributed by atoms with E-state index in [9.17, 15) is 4.79 Å². The lowest BCUT2D eigenvalue weighted by atomic mass is 10.2.